The summed E-state index contributed by atoms with van der Waals surface area (Å²) in [6.45, 7) is 4.03. The Balaban J connectivity index is 0.000000144. The van der Waals surface area contributed by atoms with Gasteiger partial charge in [-0.25, -0.2) is 37.5 Å². The van der Waals surface area contributed by atoms with E-state index in [0.29, 0.717) is 29.8 Å². The van der Waals surface area contributed by atoms with Gasteiger partial charge >= 0.3 is 0 Å². The first-order chi connectivity index (χ1) is 30.4. The maximum atomic E-state index is 14.4. The van der Waals surface area contributed by atoms with Crippen molar-refractivity contribution >= 4 is 46.4 Å². The molecular weight excluding hydrogens is 840 g/mol. The van der Waals surface area contributed by atoms with Gasteiger partial charge in [-0.3, -0.25) is 14.2 Å². The van der Waals surface area contributed by atoms with Crippen molar-refractivity contribution in [2.24, 2.45) is 0 Å². The van der Waals surface area contributed by atoms with Gasteiger partial charge in [-0.05, 0) is 87.2 Å². The van der Waals surface area contributed by atoms with E-state index in [9.17, 15) is 27.2 Å². The van der Waals surface area contributed by atoms with Gasteiger partial charge in [0.15, 0.2) is 34.9 Å². The molecule has 2 fully saturated rings. The molecule has 0 unspecified atom stereocenters. The van der Waals surface area contributed by atoms with Crippen molar-refractivity contribution in [3.63, 3.8) is 0 Å². The van der Waals surface area contributed by atoms with Crippen LogP contribution in [-0.2, 0) is 9.59 Å². The number of aromatic nitrogens is 8. The predicted octanol–water partition coefficient (Wildman–Crippen LogP) is 8.32. The zero-order chi connectivity index (χ0) is 44.5. The van der Waals surface area contributed by atoms with Gasteiger partial charge < -0.3 is 24.6 Å². The molecule has 4 aliphatic rings. The maximum Gasteiger partial charge on any atom is 0.249 e. The second-order valence-corrected chi connectivity index (χ2v) is 16.0. The summed E-state index contributed by atoms with van der Waals surface area (Å²) in [4.78, 5) is 61.2. The second-order valence-electron chi connectivity index (χ2n) is 15.6. The standard InChI is InChI=1S/C22H22F2N6O.C13H17ClN4O.C9H6F2N2/c1-3-16-21(31)28(2)17-12-26-22(27-20(17)30(16)13-6-4-7-13)29-11-10-25-19(29)14-8-5-9-15(23)18(14)24;1-3-9-12(19)17(2)10-7-15-13(14)16-11(10)18(9)8-5-4-6-8;10-7-3-1-2-6(8(7)11)9-12-4-5-13-9/h5,8-13,16H,3-4,6-7H2,1-2H3;7-9H,3-6H2,1-2H3;1-5H,(H,12,13)/t16-;9-;/m11./s1. The smallest absolute Gasteiger partial charge is 0.249 e. The number of halogens is 5. The largest absolute Gasteiger partial charge is 0.345 e. The van der Waals surface area contributed by atoms with E-state index in [1.807, 2.05) is 13.8 Å². The molecular formula is C44H45ClF4N12O2. The highest BCUT2D eigenvalue weighted by molar-refractivity contribution is 6.28. The summed E-state index contributed by atoms with van der Waals surface area (Å²) < 4.78 is 55.6. The second kappa shape index (κ2) is 18.1. The highest BCUT2D eigenvalue weighted by Gasteiger charge is 2.43. The van der Waals surface area contributed by atoms with Crippen LogP contribution in [0.1, 0.15) is 65.2 Å². The third-order valence-electron chi connectivity index (χ3n) is 12.0. The van der Waals surface area contributed by atoms with Crippen LogP contribution >= 0.6 is 11.6 Å². The first-order valence-corrected chi connectivity index (χ1v) is 21.2. The van der Waals surface area contributed by atoms with Gasteiger partial charge in [0.05, 0.1) is 23.5 Å². The molecule has 6 aromatic rings. The number of carbonyl (C=O) groups is 2. The van der Waals surface area contributed by atoms with Gasteiger partial charge in [-0.2, -0.15) is 9.97 Å². The zero-order valence-electron chi connectivity index (χ0n) is 35.0. The Morgan fingerprint density at radius 1 is 0.698 bits per heavy atom. The monoisotopic (exact) mass is 884 g/mol. The Labute approximate surface area is 366 Å². The minimum atomic E-state index is -0.972. The van der Waals surface area contributed by atoms with Crippen LogP contribution < -0.4 is 19.6 Å². The van der Waals surface area contributed by atoms with Crippen molar-refractivity contribution in [3.05, 3.63) is 102 Å². The fraction of sp³-hybridized carbons (Fsp3) is 0.364. The van der Waals surface area contributed by atoms with E-state index in [1.54, 1.807) is 48.7 Å². The van der Waals surface area contributed by atoms with Crippen molar-refractivity contribution in [1.29, 1.82) is 0 Å². The van der Waals surface area contributed by atoms with Crippen LogP contribution in [0.15, 0.2) is 73.6 Å². The fourth-order valence-corrected chi connectivity index (χ4v) is 8.39. The molecule has 2 aromatic carbocycles. The number of rotatable bonds is 7. The van der Waals surface area contributed by atoms with Crippen LogP contribution in [0.2, 0.25) is 5.28 Å². The number of anilines is 4. The Morgan fingerprint density at radius 2 is 1.24 bits per heavy atom. The van der Waals surface area contributed by atoms with E-state index >= 15 is 0 Å². The first-order valence-electron chi connectivity index (χ1n) is 20.9. The molecule has 2 amide bonds. The lowest BCUT2D eigenvalue weighted by molar-refractivity contribution is -0.121. The average Bonchev–Trinajstić information content (AvgIpc) is 3.97. The van der Waals surface area contributed by atoms with Crippen LogP contribution in [0.25, 0.3) is 28.7 Å². The molecule has 0 saturated heterocycles. The Morgan fingerprint density at radius 3 is 1.76 bits per heavy atom. The number of fused-ring (bicyclic) bond motifs is 2. The lowest BCUT2D eigenvalue weighted by Crippen LogP contribution is -2.57. The highest BCUT2D eigenvalue weighted by atomic mass is 35.5. The van der Waals surface area contributed by atoms with Gasteiger partial charge in [-0.15, -0.1) is 0 Å². The van der Waals surface area contributed by atoms with Gasteiger partial charge in [-0.1, -0.05) is 26.0 Å². The first kappa shape index (κ1) is 43.2. The van der Waals surface area contributed by atoms with Crippen LogP contribution in [0.4, 0.5) is 40.6 Å². The van der Waals surface area contributed by atoms with Crippen molar-refractivity contribution < 1.29 is 27.2 Å². The molecule has 2 atom stereocenters. The summed E-state index contributed by atoms with van der Waals surface area (Å²) in [5, 5.41) is 0.237. The minimum absolute atomic E-state index is 0.0286. The van der Waals surface area contributed by atoms with E-state index in [2.05, 4.69) is 39.7 Å². The number of imidazole rings is 2. The van der Waals surface area contributed by atoms with Gasteiger partial charge in [0.1, 0.15) is 35.1 Å². The molecule has 2 aliphatic heterocycles. The number of amides is 2. The van der Waals surface area contributed by atoms with Crippen LogP contribution in [0.5, 0.6) is 0 Å². The number of nitrogens with zero attached hydrogens (tertiary/aromatic N) is 11. The maximum absolute atomic E-state index is 14.4. The highest BCUT2D eigenvalue weighted by Crippen LogP contribution is 2.42. The number of nitrogens with one attached hydrogen (secondary N) is 1. The van der Waals surface area contributed by atoms with Crippen LogP contribution in [-0.4, -0.2) is 89.5 Å². The van der Waals surface area contributed by atoms with E-state index in [0.717, 1.165) is 62.2 Å². The molecule has 0 bridgehead atoms. The summed E-state index contributed by atoms with van der Waals surface area (Å²) in [7, 11) is 3.51. The van der Waals surface area contributed by atoms with Crippen molar-refractivity contribution in [3.8, 4) is 28.7 Å². The molecule has 4 aromatic heterocycles. The normalized spacial score (nSPS) is 18.4. The number of H-pyrrole nitrogens is 1. The molecule has 6 heterocycles. The molecule has 328 valence electrons. The molecule has 2 aliphatic carbocycles. The molecule has 1 N–H and O–H groups in total. The van der Waals surface area contributed by atoms with Gasteiger partial charge in [0, 0.05) is 51.0 Å². The summed E-state index contributed by atoms with van der Waals surface area (Å²) in [6, 6.07) is 8.20. The molecule has 10 rings (SSSR count). The average molecular weight is 885 g/mol. The molecule has 63 heavy (non-hydrogen) atoms. The summed E-state index contributed by atoms with van der Waals surface area (Å²) >= 11 is 5.93. The number of benzene rings is 2. The van der Waals surface area contributed by atoms with Crippen molar-refractivity contribution in [1.82, 2.24) is 39.5 Å². The third kappa shape index (κ3) is 8.07. The zero-order valence-corrected chi connectivity index (χ0v) is 35.8. The minimum Gasteiger partial charge on any atom is -0.345 e. The van der Waals surface area contributed by atoms with Gasteiger partial charge in [0.2, 0.25) is 23.0 Å². The van der Waals surface area contributed by atoms with E-state index in [4.69, 9.17) is 16.6 Å². The van der Waals surface area contributed by atoms with E-state index in [-0.39, 0.29) is 58.1 Å². The van der Waals surface area contributed by atoms with Crippen LogP contribution in [0, 0.1) is 23.3 Å². The number of carbonyl (C=O) groups excluding carboxylic acids is 2. The summed E-state index contributed by atoms with van der Waals surface area (Å²) in [5.74, 6) is -1.20. The molecule has 0 radical (unpaired) electrons. The number of aromatic amines is 1. The molecule has 19 heteroatoms. The van der Waals surface area contributed by atoms with Crippen molar-refractivity contribution in [2.75, 3.05) is 33.7 Å². The number of likely N-dealkylation sites (N-methyl/N-ethyl adjacent to an activating group) is 2. The predicted molar refractivity (Wildman–Crippen MR) is 231 cm³/mol. The third-order valence-corrected chi connectivity index (χ3v) is 12.2. The fourth-order valence-electron chi connectivity index (χ4n) is 8.26. The van der Waals surface area contributed by atoms with Gasteiger partial charge in [0.25, 0.3) is 0 Å². The Kier molecular flexibility index (Phi) is 12.4. The quantitative estimate of drug-likeness (QED) is 0.123. The molecule has 2 saturated carbocycles. The van der Waals surface area contributed by atoms with Crippen LogP contribution in [0.3, 0.4) is 0 Å². The van der Waals surface area contributed by atoms with Crippen molar-refractivity contribution in [2.45, 2.75) is 89.4 Å². The lowest BCUT2D eigenvalue weighted by Gasteiger charge is -2.47. The number of hydrogen-bond acceptors (Lipinski definition) is 10. The Bertz CT molecular complexity index is 2620. The molecule has 14 nitrogen and oxygen atoms in total. The Hall–Kier alpha value is -6.43. The molecule has 0 spiro atoms. The van der Waals surface area contributed by atoms with E-state index < -0.39 is 23.3 Å². The lowest BCUT2D eigenvalue weighted by atomic mass is 9.88. The van der Waals surface area contributed by atoms with E-state index in [1.165, 1.54) is 47.6 Å². The SMILES string of the molecule is CC[C@@H]1C(=O)N(C)c2cnc(-n3ccnc3-c3cccc(F)c3F)nc2N1C1CCC1.CC[C@@H]1C(=O)N(C)c2cnc(Cl)nc2N1C1CCC1.Fc1cccc(-c2ncc[nH]2)c1F. The number of hydrogen-bond donors (Lipinski definition) is 1. The summed E-state index contributed by atoms with van der Waals surface area (Å²) in [6.07, 6.45) is 17.5. The summed E-state index contributed by atoms with van der Waals surface area (Å²) in [5.41, 5.74) is 1.57. The topological polar surface area (TPSA) is 145 Å².